The number of alkyl carbamates (subject to hydrolysis) is 1. The molecular weight excluding hydrogens is 258 g/mol. The van der Waals surface area contributed by atoms with Crippen molar-refractivity contribution in [3.05, 3.63) is 29.8 Å². The summed E-state index contributed by atoms with van der Waals surface area (Å²) in [7, 11) is 1.32. The van der Waals surface area contributed by atoms with Crippen LogP contribution in [0.5, 0.6) is 5.75 Å². The van der Waals surface area contributed by atoms with Gasteiger partial charge in [0.05, 0.1) is 19.3 Å². The lowest BCUT2D eigenvalue weighted by molar-refractivity contribution is 0.176. The van der Waals surface area contributed by atoms with Crippen LogP contribution in [0.15, 0.2) is 29.3 Å². The predicted molar refractivity (Wildman–Crippen MR) is 75.9 cm³/mol. The molecule has 0 radical (unpaired) electrons. The van der Waals surface area contributed by atoms with Gasteiger partial charge in [-0.25, -0.2) is 9.79 Å². The number of hydrogen-bond acceptors (Lipinski definition) is 5. The first-order valence-electron chi connectivity index (χ1n) is 6.51. The monoisotopic (exact) mass is 277 g/mol. The van der Waals surface area contributed by atoms with Gasteiger partial charge in [0, 0.05) is 6.54 Å². The van der Waals surface area contributed by atoms with E-state index in [-0.39, 0.29) is 12.1 Å². The molecule has 0 bridgehead atoms. The normalized spacial score (nSPS) is 17.4. The molecule has 0 aliphatic carbocycles. The molecule has 6 nitrogen and oxygen atoms in total. The number of methoxy groups -OCH3 is 1. The van der Waals surface area contributed by atoms with E-state index in [0.717, 1.165) is 11.3 Å². The van der Waals surface area contributed by atoms with Gasteiger partial charge in [0.25, 0.3) is 0 Å². The Morgan fingerprint density at radius 3 is 2.70 bits per heavy atom. The maximum Gasteiger partial charge on any atom is 0.413 e. The minimum Gasteiger partial charge on any atom is -0.491 e. The van der Waals surface area contributed by atoms with Gasteiger partial charge in [-0.2, -0.15) is 0 Å². The van der Waals surface area contributed by atoms with Crippen molar-refractivity contribution >= 4 is 12.1 Å². The highest BCUT2D eigenvalue weighted by molar-refractivity contribution is 5.94. The lowest BCUT2D eigenvalue weighted by Crippen LogP contribution is -2.37. The van der Waals surface area contributed by atoms with Gasteiger partial charge in [-0.05, 0) is 31.5 Å². The maximum atomic E-state index is 11.1. The lowest BCUT2D eigenvalue weighted by atomic mass is 10.1. The topological polar surface area (TPSA) is 72.0 Å². The Labute approximate surface area is 118 Å². The number of amides is 1. The van der Waals surface area contributed by atoms with Gasteiger partial charge in [0.2, 0.25) is 5.96 Å². The molecule has 1 aliphatic rings. The summed E-state index contributed by atoms with van der Waals surface area (Å²) >= 11 is 0. The van der Waals surface area contributed by atoms with Crippen LogP contribution in [0.1, 0.15) is 25.5 Å². The minimum absolute atomic E-state index is 0.0183. The molecule has 1 amide bonds. The highest BCUT2D eigenvalue weighted by atomic mass is 16.5. The first-order valence-corrected chi connectivity index (χ1v) is 6.51. The number of rotatable bonds is 3. The van der Waals surface area contributed by atoms with Gasteiger partial charge in [0.1, 0.15) is 5.75 Å². The molecule has 1 aromatic carbocycles. The zero-order valence-electron chi connectivity index (χ0n) is 11.8. The molecule has 0 saturated heterocycles. The van der Waals surface area contributed by atoms with Gasteiger partial charge in [0.15, 0.2) is 0 Å². The van der Waals surface area contributed by atoms with Crippen LogP contribution in [0.3, 0.4) is 0 Å². The van der Waals surface area contributed by atoms with Crippen LogP contribution in [-0.4, -0.2) is 31.8 Å². The van der Waals surface area contributed by atoms with Crippen molar-refractivity contribution in [1.82, 2.24) is 10.6 Å². The van der Waals surface area contributed by atoms with Crippen LogP contribution in [0.2, 0.25) is 0 Å². The quantitative estimate of drug-likeness (QED) is 0.884. The lowest BCUT2D eigenvalue weighted by Gasteiger charge is -2.11. The van der Waals surface area contributed by atoms with E-state index < -0.39 is 6.09 Å². The highest BCUT2D eigenvalue weighted by Gasteiger charge is 2.20. The number of nitrogens with one attached hydrogen (secondary N) is 2. The van der Waals surface area contributed by atoms with Crippen molar-refractivity contribution in [3.63, 3.8) is 0 Å². The molecule has 0 aromatic heterocycles. The van der Waals surface area contributed by atoms with E-state index in [1.165, 1.54) is 7.11 Å². The van der Waals surface area contributed by atoms with Crippen LogP contribution in [0, 0.1) is 0 Å². The number of aliphatic imine (C=N–C) groups is 1. The van der Waals surface area contributed by atoms with Crippen molar-refractivity contribution in [2.24, 2.45) is 4.99 Å². The van der Waals surface area contributed by atoms with Crippen LogP contribution in [0.4, 0.5) is 4.79 Å². The Balaban J connectivity index is 2.00. The van der Waals surface area contributed by atoms with E-state index in [0.29, 0.717) is 12.5 Å². The summed E-state index contributed by atoms with van der Waals surface area (Å²) in [5, 5.41) is 5.54. The Morgan fingerprint density at radius 2 is 2.10 bits per heavy atom. The van der Waals surface area contributed by atoms with Gasteiger partial charge >= 0.3 is 6.09 Å². The zero-order valence-corrected chi connectivity index (χ0v) is 11.8. The van der Waals surface area contributed by atoms with Crippen molar-refractivity contribution in [2.75, 3.05) is 13.7 Å². The van der Waals surface area contributed by atoms with Crippen LogP contribution in [0.25, 0.3) is 0 Å². The average molecular weight is 277 g/mol. The second kappa shape index (κ2) is 6.27. The number of benzene rings is 1. The highest BCUT2D eigenvalue weighted by Crippen LogP contribution is 2.22. The maximum absolute atomic E-state index is 11.1. The van der Waals surface area contributed by atoms with Crippen molar-refractivity contribution < 1.29 is 14.3 Å². The van der Waals surface area contributed by atoms with Crippen LogP contribution < -0.4 is 15.4 Å². The van der Waals surface area contributed by atoms with Gasteiger partial charge in [-0.3, -0.25) is 5.32 Å². The first kappa shape index (κ1) is 14.2. The Hall–Kier alpha value is -2.24. The molecule has 2 rings (SSSR count). The molecular formula is C14H19N3O3. The molecule has 1 heterocycles. The van der Waals surface area contributed by atoms with Gasteiger partial charge < -0.3 is 14.8 Å². The Bertz CT molecular complexity index is 497. The third kappa shape index (κ3) is 3.63. The van der Waals surface area contributed by atoms with Gasteiger partial charge in [-0.15, -0.1) is 0 Å². The molecule has 0 spiro atoms. The van der Waals surface area contributed by atoms with E-state index in [9.17, 15) is 4.79 Å². The summed E-state index contributed by atoms with van der Waals surface area (Å²) in [5.74, 6) is 1.27. The molecule has 1 aliphatic heterocycles. The fraction of sp³-hybridized carbons (Fsp3) is 0.429. The number of nitrogens with zero attached hydrogens (tertiary/aromatic N) is 1. The molecule has 1 aromatic rings. The summed E-state index contributed by atoms with van der Waals surface area (Å²) in [4.78, 5) is 15.5. The summed E-state index contributed by atoms with van der Waals surface area (Å²) in [6.45, 7) is 4.62. The molecule has 1 unspecified atom stereocenters. The summed E-state index contributed by atoms with van der Waals surface area (Å²) < 4.78 is 10.1. The Kier molecular flexibility index (Phi) is 4.45. The van der Waals surface area contributed by atoms with Crippen molar-refractivity contribution in [3.8, 4) is 5.75 Å². The number of carbonyl (C=O) groups excluding carboxylic acids is 1. The predicted octanol–water partition coefficient (Wildman–Crippen LogP) is 1.83. The largest absolute Gasteiger partial charge is 0.491 e. The van der Waals surface area contributed by atoms with Crippen molar-refractivity contribution in [2.45, 2.75) is 26.0 Å². The van der Waals surface area contributed by atoms with E-state index >= 15 is 0 Å². The van der Waals surface area contributed by atoms with Gasteiger partial charge in [-0.1, -0.05) is 12.1 Å². The second-order valence-electron chi connectivity index (χ2n) is 4.73. The Morgan fingerprint density at radius 1 is 1.40 bits per heavy atom. The average Bonchev–Trinajstić information content (AvgIpc) is 2.87. The van der Waals surface area contributed by atoms with E-state index in [4.69, 9.17) is 4.74 Å². The van der Waals surface area contributed by atoms with Crippen LogP contribution in [-0.2, 0) is 4.74 Å². The first-order chi connectivity index (χ1) is 9.58. The van der Waals surface area contributed by atoms with E-state index in [1.807, 2.05) is 38.1 Å². The molecule has 108 valence electrons. The number of guanidine groups is 1. The van der Waals surface area contributed by atoms with Crippen molar-refractivity contribution in [1.29, 1.82) is 0 Å². The van der Waals surface area contributed by atoms with Crippen LogP contribution >= 0.6 is 0 Å². The number of hydrogen-bond donors (Lipinski definition) is 2. The summed E-state index contributed by atoms with van der Waals surface area (Å²) in [5.41, 5.74) is 1.07. The smallest absolute Gasteiger partial charge is 0.413 e. The standard InChI is InChI=1S/C14H19N3O3/c1-9(2)20-11-6-4-10(5-7-11)12-8-15-13(16-12)17-14(18)19-3/h4-7,9,12H,8H2,1-3H3,(H2,15,16,17,18). The molecule has 6 heteroatoms. The molecule has 20 heavy (non-hydrogen) atoms. The SMILES string of the molecule is COC(=O)NC1=NC(c2ccc(OC(C)C)cc2)CN1. The second-order valence-corrected chi connectivity index (χ2v) is 4.73. The number of carbonyl (C=O) groups is 1. The fourth-order valence-corrected chi connectivity index (χ4v) is 1.90. The zero-order chi connectivity index (χ0) is 14.5. The van der Waals surface area contributed by atoms with E-state index in [2.05, 4.69) is 20.4 Å². The minimum atomic E-state index is -0.530. The molecule has 1 atom stereocenters. The summed E-state index contributed by atoms with van der Waals surface area (Å²) in [6, 6.07) is 7.80. The number of ether oxygens (including phenoxy) is 2. The third-order valence-electron chi connectivity index (χ3n) is 2.79. The molecule has 2 N–H and O–H groups in total. The van der Waals surface area contributed by atoms with E-state index in [1.54, 1.807) is 0 Å². The third-order valence-corrected chi connectivity index (χ3v) is 2.79. The molecule has 0 fully saturated rings. The summed E-state index contributed by atoms with van der Waals surface area (Å²) in [6.07, 6.45) is -0.375. The fourth-order valence-electron chi connectivity index (χ4n) is 1.90. The molecule has 0 saturated carbocycles.